The summed E-state index contributed by atoms with van der Waals surface area (Å²) in [6, 6.07) is 0.282. The summed E-state index contributed by atoms with van der Waals surface area (Å²) in [5.41, 5.74) is 1.30. The first-order valence-corrected chi connectivity index (χ1v) is 7.10. The van der Waals surface area contributed by atoms with Gasteiger partial charge in [0.2, 0.25) is 0 Å². The van der Waals surface area contributed by atoms with Crippen molar-refractivity contribution in [1.82, 2.24) is 20.0 Å². The second-order valence-corrected chi connectivity index (χ2v) is 5.69. The van der Waals surface area contributed by atoms with Gasteiger partial charge in [0, 0.05) is 37.4 Å². The number of hydrogen-bond acceptors (Lipinski definition) is 4. The molecule has 5 nitrogen and oxygen atoms in total. The van der Waals surface area contributed by atoms with Crippen LogP contribution in [0, 0.1) is 0 Å². The Bertz CT molecular complexity index is 396. The third kappa shape index (κ3) is 3.16. The smallest absolute Gasteiger partial charge is 0.0594 e. The summed E-state index contributed by atoms with van der Waals surface area (Å²) in [5, 5.41) is 7.93. The van der Waals surface area contributed by atoms with Crippen molar-refractivity contribution in [2.75, 3.05) is 32.8 Å². The van der Waals surface area contributed by atoms with Crippen LogP contribution in [0.4, 0.5) is 0 Å². The quantitative estimate of drug-likeness (QED) is 0.869. The second kappa shape index (κ2) is 6.03. The molecule has 1 unspecified atom stereocenters. The first-order valence-electron chi connectivity index (χ1n) is 7.10. The van der Waals surface area contributed by atoms with Crippen LogP contribution in [0.1, 0.15) is 32.4 Å². The third-order valence-electron chi connectivity index (χ3n) is 4.00. The maximum absolute atomic E-state index is 5.47. The fourth-order valence-corrected chi connectivity index (χ4v) is 2.89. The molecule has 0 radical (unpaired) electrons. The van der Waals surface area contributed by atoms with E-state index >= 15 is 0 Å². The van der Waals surface area contributed by atoms with Crippen LogP contribution in [-0.2, 0) is 11.8 Å². The first-order chi connectivity index (χ1) is 9.05. The van der Waals surface area contributed by atoms with Gasteiger partial charge in [0.15, 0.2) is 0 Å². The zero-order valence-corrected chi connectivity index (χ0v) is 12.5. The number of morpholine rings is 1. The van der Waals surface area contributed by atoms with Crippen LogP contribution < -0.4 is 5.32 Å². The minimum atomic E-state index is 0.0445. The SMILES string of the molecule is CCNC(c1cnn(C)c1)C(C)(C)N1CCOCC1. The molecule has 1 aromatic rings. The molecule has 2 rings (SSSR count). The number of nitrogens with one attached hydrogen (secondary N) is 1. The van der Waals surface area contributed by atoms with E-state index in [1.807, 2.05) is 17.9 Å². The maximum Gasteiger partial charge on any atom is 0.0594 e. The standard InChI is InChI=1S/C14H26N4O/c1-5-15-13(12-10-16-17(4)11-12)14(2,3)18-6-8-19-9-7-18/h10-11,13,15H,5-9H2,1-4H3. The van der Waals surface area contributed by atoms with Crippen LogP contribution >= 0.6 is 0 Å². The topological polar surface area (TPSA) is 42.3 Å². The number of nitrogens with zero attached hydrogens (tertiary/aromatic N) is 3. The molecule has 1 saturated heterocycles. The van der Waals surface area contributed by atoms with Crippen LogP contribution in [0.3, 0.4) is 0 Å². The van der Waals surface area contributed by atoms with Gasteiger partial charge in [-0.25, -0.2) is 0 Å². The molecule has 0 saturated carbocycles. The molecule has 1 fully saturated rings. The van der Waals surface area contributed by atoms with Gasteiger partial charge in [-0.1, -0.05) is 6.92 Å². The zero-order valence-electron chi connectivity index (χ0n) is 12.5. The molecule has 1 aromatic heterocycles. The van der Waals surface area contributed by atoms with Crippen LogP contribution in [0.25, 0.3) is 0 Å². The minimum absolute atomic E-state index is 0.0445. The lowest BCUT2D eigenvalue weighted by molar-refractivity contribution is -0.0236. The second-order valence-electron chi connectivity index (χ2n) is 5.69. The van der Waals surface area contributed by atoms with E-state index in [0.29, 0.717) is 0 Å². The van der Waals surface area contributed by atoms with Crippen molar-refractivity contribution in [3.63, 3.8) is 0 Å². The molecule has 19 heavy (non-hydrogen) atoms. The molecule has 5 heteroatoms. The van der Waals surface area contributed by atoms with E-state index in [9.17, 15) is 0 Å². The Morgan fingerprint density at radius 2 is 2.11 bits per heavy atom. The summed E-state index contributed by atoms with van der Waals surface area (Å²) in [6.07, 6.45) is 4.07. The average Bonchev–Trinajstić information content (AvgIpc) is 2.83. The van der Waals surface area contributed by atoms with Gasteiger partial charge in [0.05, 0.1) is 25.5 Å². The molecule has 0 spiro atoms. The Morgan fingerprint density at radius 1 is 1.42 bits per heavy atom. The number of likely N-dealkylation sites (N-methyl/N-ethyl adjacent to an activating group) is 1. The number of aryl methyl sites for hydroxylation is 1. The van der Waals surface area contributed by atoms with Crippen molar-refractivity contribution >= 4 is 0 Å². The molecule has 108 valence electrons. The summed E-state index contributed by atoms with van der Waals surface area (Å²) in [5.74, 6) is 0. The number of hydrogen-bond donors (Lipinski definition) is 1. The molecule has 2 heterocycles. The van der Waals surface area contributed by atoms with Gasteiger partial charge < -0.3 is 10.1 Å². The highest BCUT2D eigenvalue weighted by Gasteiger charge is 2.37. The molecule has 0 bridgehead atoms. The maximum atomic E-state index is 5.47. The van der Waals surface area contributed by atoms with Gasteiger partial charge in [-0.2, -0.15) is 5.10 Å². The fraction of sp³-hybridized carbons (Fsp3) is 0.786. The Balaban J connectivity index is 2.20. The molecule has 1 aliphatic heterocycles. The lowest BCUT2D eigenvalue weighted by Crippen LogP contribution is -2.56. The van der Waals surface area contributed by atoms with Crippen LogP contribution in [0.15, 0.2) is 12.4 Å². The number of aromatic nitrogens is 2. The van der Waals surface area contributed by atoms with E-state index in [1.54, 1.807) is 0 Å². The van der Waals surface area contributed by atoms with Crippen LogP contribution in [0.5, 0.6) is 0 Å². The van der Waals surface area contributed by atoms with Crippen molar-refractivity contribution in [2.45, 2.75) is 32.4 Å². The van der Waals surface area contributed by atoms with Gasteiger partial charge >= 0.3 is 0 Å². The Labute approximate surface area is 115 Å². The molecule has 1 atom stereocenters. The summed E-state index contributed by atoms with van der Waals surface area (Å²) >= 11 is 0. The van der Waals surface area contributed by atoms with Gasteiger partial charge in [-0.3, -0.25) is 9.58 Å². The summed E-state index contributed by atoms with van der Waals surface area (Å²) < 4.78 is 7.34. The van der Waals surface area contributed by atoms with E-state index in [1.165, 1.54) is 5.56 Å². The molecule has 0 aromatic carbocycles. The van der Waals surface area contributed by atoms with Crippen molar-refractivity contribution in [3.05, 3.63) is 18.0 Å². The van der Waals surface area contributed by atoms with E-state index in [-0.39, 0.29) is 11.6 Å². The highest BCUT2D eigenvalue weighted by molar-refractivity contribution is 5.16. The number of ether oxygens (including phenoxy) is 1. The fourth-order valence-electron chi connectivity index (χ4n) is 2.89. The van der Waals surface area contributed by atoms with Crippen molar-refractivity contribution in [2.24, 2.45) is 7.05 Å². The molecule has 0 aliphatic carbocycles. The molecule has 1 aliphatic rings. The average molecular weight is 266 g/mol. The van der Waals surface area contributed by atoms with Gasteiger partial charge in [0.1, 0.15) is 0 Å². The lowest BCUT2D eigenvalue weighted by atomic mass is 9.88. The highest BCUT2D eigenvalue weighted by atomic mass is 16.5. The number of rotatable bonds is 5. The molecular weight excluding hydrogens is 240 g/mol. The summed E-state index contributed by atoms with van der Waals surface area (Å²) in [6.45, 7) is 11.4. The lowest BCUT2D eigenvalue weighted by Gasteiger charge is -2.45. The first kappa shape index (κ1) is 14.5. The van der Waals surface area contributed by atoms with Crippen molar-refractivity contribution < 1.29 is 4.74 Å². The largest absolute Gasteiger partial charge is 0.379 e. The molecular formula is C14H26N4O. The molecule has 1 N–H and O–H groups in total. The predicted molar refractivity (Wildman–Crippen MR) is 76.1 cm³/mol. The zero-order chi connectivity index (χ0) is 13.9. The predicted octanol–water partition coefficient (Wildman–Crippen LogP) is 1.18. The van der Waals surface area contributed by atoms with Crippen molar-refractivity contribution in [1.29, 1.82) is 0 Å². The van der Waals surface area contributed by atoms with Crippen LogP contribution in [-0.4, -0.2) is 53.1 Å². The van der Waals surface area contributed by atoms with E-state index in [0.717, 1.165) is 32.8 Å². The van der Waals surface area contributed by atoms with Crippen LogP contribution in [0.2, 0.25) is 0 Å². The van der Waals surface area contributed by atoms with Gasteiger partial charge in [0.25, 0.3) is 0 Å². The van der Waals surface area contributed by atoms with E-state index in [2.05, 4.69) is 42.3 Å². The summed E-state index contributed by atoms with van der Waals surface area (Å²) in [7, 11) is 1.97. The van der Waals surface area contributed by atoms with E-state index in [4.69, 9.17) is 4.74 Å². The Kier molecular flexibility index (Phi) is 4.60. The minimum Gasteiger partial charge on any atom is -0.379 e. The Hall–Kier alpha value is -0.910. The molecule has 0 amide bonds. The normalized spacial score (nSPS) is 19.6. The van der Waals surface area contributed by atoms with Crippen molar-refractivity contribution in [3.8, 4) is 0 Å². The monoisotopic (exact) mass is 266 g/mol. The van der Waals surface area contributed by atoms with E-state index < -0.39 is 0 Å². The van der Waals surface area contributed by atoms with Gasteiger partial charge in [-0.05, 0) is 20.4 Å². The Morgan fingerprint density at radius 3 is 2.63 bits per heavy atom. The highest BCUT2D eigenvalue weighted by Crippen LogP contribution is 2.31. The summed E-state index contributed by atoms with van der Waals surface area (Å²) in [4.78, 5) is 2.51. The third-order valence-corrected chi connectivity index (χ3v) is 4.00. The van der Waals surface area contributed by atoms with Gasteiger partial charge in [-0.15, -0.1) is 0 Å².